The van der Waals surface area contributed by atoms with E-state index < -0.39 is 16.2 Å². The standard InChI is InChI=1S/C81H51NO2/c1-3-24-54(25-4-1)79(55-26-5-2-6-27-55)63-32-10-7-29-58(63)60-47-45-53(50-71(60)79)52-23-21-28-56(49-52)82(57-46-48-61-59-30-8-11-33-64(59)81(72(61)51-57)68-37-15-19-43-76(68)84-77-44-20-16-38-69(77)81)73-40-22-39-70-78(73)62-31-9-12-34-65(62)80(70)66-35-13-17-41-74(66)83-75-42-18-14-36-67(75)80/h1-51H. The number of anilines is 3. The van der Waals surface area contributed by atoms with Crippen molar-refractivity contribution in [2.75, 3.05) is 4.90 Å². The Bertz CT molecular complexity index is 4750. The van der Waals surface area contributed by atoms with Crippen molar-refractivity contribution in [3.63, 3.8) is 0 Å². The van der Waals surface area contributed by atoms with E-state index in [1.165, 1.54) is 77.9 Å². The average molecular weight is 1070 g/mol. The molecule has 84 heavy (non-hydrogen) atoms. The number of ether oxygens (including phenoxy) is 2. The summed E-state index contributed by atoms with van der Waals surface area (Å²) < 4.78 is 13.7. The van der Waals surface area contributed by atoms with Gasteiger partial charge in [-0.25, -0.2) is 0 Å². The molecule has 0 radical (unpaired) electrons. The molecule has 392 valence electrons. The molecule has 3 aliphatic carbocycles. The summed E-state index contributed by atoms with van der Waals surface area (Å²) >= 11 is 0. The zero-order valence-electron chi connectivity index (χ0n) is 45.7. The van der Waals surface area contributed by atoms with Gasteiger partial charge in [0.05, 0.1) is 21.9 Å². The van der Waals surface area contributed by atoms with Crippen LogP contribution in [-0.2, 0) is 16.2 Å². The van der Waals surface area contributed by atoms with Gasteiger partial charge >= 0.3 is 0 Å². The summed E-state index contributed by atoms with van der Waals surface area (Å²) in [6.07, 6.45) is 0. The van der Waals surface area contributed by atoms with Crippen LogP contribution in [0.1, 0.15) is 66.8 Å². The monoisotopic (exact) mass is 1070 g/mol. The van der Waals surface area contributed by atoms with Crippen LogP contribution >= 0.6 is 0 Å². The van der Waals surface area contributed by atoms with Gasteiger partial charge in [-0.05, 0) is 144 Å². The predicted octanol–water partition coefficient (Wildman–Crippen LogP) is 20.1. The summed E-state index contributed by atoms with van der Waals surface area (Å²) in [4.78, 5) is 2.55. The van der Waals surface area contributed by atoms with E-state index in [-0.39, 0.29) is 0 Å². The predicted molar refractivity (Wildman–Crippen MR) is 339 cm³/mol. The molecule has 0 unspecified atom stereocenters. The Labute approximate surface area is 488 Å². The third-order valence-electron chi connectivity index (χ3n) is 19.1. The van der Waals surface area contributed by atoms with E-state index in [9.17, 15) is 0 Å². The topological polar surface area (TPSA) is 21.7 Å². The van der Waals surface area contributed by atoms with Crippen molar-refractivity contribution in [3.8, 4) is 67.5 Å². The van der Waals surface area contributed by atoms with Gasteiger partial charge < -0.3 is 14.4 Å². The van der Waals surface area contributed by atoms with Crippen molar-refractivity contribution in [1.29, 1.82) is 0 Å². The highest BCUT2D eigenvalue weighted by Gasteiger charge is 2.54. The summed E-state index contributed by atoms with van der Waals surface area (Å²) in [6.45, 7) is 0. The first-order valence-corrected chi connectivity index (χ1v) is 29.1. The van der Waals surface area contributed by atoms with E-state index in [1.54, 1.807) is 0 Å². The van der Waals surface area contributed by atoms with Crippen LogP contribution in [0.5, 0.6) is 23.0 Å². The van der Waals surface area contributed by atoms with Gasteiger partial charge in [-0.3, -0.25) is 0 Å². The summed E-state index contributed by atoms with van der Waals surface area (Å²) in [5, 5.41) is 0. The molecule has 5 aliphatic rings. The Kier molecular flexibility index (Phi) is 9.86. The smallest absolute Gasteiger partial charge is 0.132 e. The highest BCUT2D eigenvalue weighted by molar-refractivity contribution is 6.00. The van der Waals surface area contributed by atoms with Crippen LogP contribution < -0.4 is 14.4 Å². The number of benzene rings is 13. The maximum atomic E-state index is 6.84. The highest BCUT2D eigenvalue weighted by Crippen LogP contribution is 2.66. The van der Waals surface area contributed by atoms with Gasteiger partial charge in [-0.1, -0.05) is 249 Å². The van der Waals surface area contributed by atoms with Crippen molar-refractivity contribution in [3.05, 3.63) is 376 Å². The lowest BCUT2D eigenvalue weighted by molar-refractivity contribution is 0.436. The SMILES string of the molecule is c1ccc(C2(c3ccccc3)c3ccccc3-c3ccc(-c4cccc(N(c5ccc6c(c5)C5(c7ccccc7Oc7ccccc75)c5ccccc5-6)c5cccc6c5-c5ccccc5C65c6ccccc6Oc6ccccc65)c4)cc32)cc1. The molecule has 2 heterocycles. The second-order valence-electron chi connectivity index (χ2n) is 22.9. The molecule has 3 nitrogen and oxygen atoms in total. The van der Waals surface area contributed by atoms with Crippen LogP contribution in [0.15, 0.2) is 309 Å². The van der Waals surface area contributed by atoms with Crippen molar-refractivity contribution in [2.45, 2.75) is 16.2 Å². The molecule has 13 aromatic rings. The molecule has 0 bridgehead atoms. The summed E-state index contributed by atoms with van der Waals surface area (Å²) in [6, 6.07) is 115. The Morgan fingerprint density at radius 2 is 0.607 bits per heavy atom. The first-order chi connectivity index (χ1) is 41.7. The average Bonchev–Trinajstić information content (AvgIpc) is 2.10. The number of hydrogen-bond acceptors (Lipinski definition) is 3. The fourth-order valence-electron chi connectivity index (χ4n) is 15.9. The van der Waals surface area contributed by atoms with Crippen molar-refractivity contribution in [2.24, 2.45) is 0 Å². The molecule has 0 aromatic heterocycles. The van der Waals surface area contributed by atoms with Crippen LogP contribution in [0.4, 0.5) is 17.1 Å². The number of rotatable bonds is 6. The van der Waals surface area contributed by atoms with Crippen LogP contribution in [0.25, 0.3) is 44.5 Å². The third kappa shape index (κ3) is 6.09. The fraction of sp³-hybridized carbons (Fsp3) is 0.0370. The van der Waals surface area contributed by atoms with Crippen molar-refractivity contribution in [1.82, 2.24) is 0 Å². The minimum atomic E-state index is -0.669. The zero-order valence-corrected chi connectivity index (χ0v) is 45.7. The molecular formula is C81H51NO2. The molecule has 0 amide bonds. The van der Waals surface area contributed by atoms with E-state index in [1.807, 2.05) is 0 Å². The molecular weight excluding hydrogens is 1020 g/mol. The Hall–Kier alpha value is -10.7. The van der Waals surface area contributed by atoms with Crippen LogP contribution in [0.2, 0.25) is 0 Å². The Morgan fingerprint density at radius 3 is 1.17 bits per heavy atom. The van der Waals surface area contributed by atoms with Gasteiger partial charge in [0.2, 0.25) is 0 Å². The van der Waals surface area contributed by atoms with Gasteiger partial charge in [0.1, 0.15) is 23.0 Å². The first-order valence-electron chi connectivity index (χ1n) is 29.1. The van der Waals surface area contributed by atoms with Gasteiger partial charge in [0.15, 0.2) is 0 Å². The molecule has 0 fully saturated rings. The van der Waals surface area contributed by atoms with Gasteiger partial charge in [-0.2, -0.15) is 0 Å². The second kappa shape index (κ2) is 17.6. The minimum Gasteiger partial charge on any atom is -0.457 e. The van der Waals surface area contributed by atoms with E-state index in [4.69, 9.17) is 9.47 Å². The molecule has 13 aromatic carbocycles. The maximum absolute atomic E-state index is 6.84. The zero-order chi connectivity index (χ0) is 55.1. The Balaban J connectivity index is 0.906. The lowest BCUT2D eigenvalue weighted by Gasteiger charge is -2.40. The fourth-order valence-corrected chi connectivity index (χ4v) is 15.9. The van der Waals surface area contributed by atoms with Crippen LogP contribution in [-0.4, -0.2) is 0 Å². The molecule has 3 heteroatoms. The number of nitrogens with zero attached hydrogens (tertiary/aromatic N) is 1. The summed E-state index contributed by atoms with van der Waals surface area (Å²) in [5.74, 6) is 3.48. The lowest BCUT2D eigenvalue weighted by Crippen LogP contribution is -2.32. The van der Waals surface area contributed by atoms with Crippen molar-refractivity contribution >= 4 is 17.1 Å². The number of hydrogen-bond donors (Lipinski definition) is 0. The number of fused-ring (bicyclic) bond motifs is 21. The van der Waals surface area contributed by atoms with Crippen molar-refractivity contribution < 1.29 is 9.47 Å². The van der Waals surface area contributed by atoms with Gasteiger partial charge in [-0.15, -0.1) is 0 Å². The van der Waals surface area contributed by atoms with Gasteiger partial charge in [0.25, 0.3) is 0 Å². The molecule has 2 aliphatic heterocycles. The van der Waals surface area contributed by atoms with Crippen LogP contribution in [0, 0.1) is 0 Å². The molecule has 0 atom stereocenters. The first kappa shape index (κ1) is 47.0. The second-order valence-corrected chi connectivity index (χ2v) is 22.9. The molecule has 0 saturated carbocycles. The van der Waals surface area contributed by atoms with E-state index in [0.717, 1.165) is 73.4 Å². The summed E-state index contributed by atoms with van der Waals surface area (Å²) in [5.41, 5.74) is 25.5. The Morgan fingerprint density at radius 1 is 0.226 bits per heavy atom. The van der Waals surface area contributed by atoms with E-state index >= 15 is 0 Å². The normalized spacial score (nSPS) is 14.7. The van der Waals surface area contributed by atoms with E-state index in [2.05, 4.69) is 314 Å². The quantitative estimate of drug-likeness (QED) is 0.166. The molecule has 2 spiro atoms. The molecule has 0 N–H and O–H groups in total. The minimum absolute atomic E-state index is 0.539. The van der Waals surface area contributed by atoms with Gasteiger partial charge in [0, 0.05) is 39.2 Å². The van der Waals surface area contributed by atoms with E-state index in [0.29, 0.717) is 0 Å². The third-order valence-corrected chi connectivity index (χ3v) is 19.1. The molecule has 0 saturated heterocycles. The highest BCUT2D eigenvalue weighted by atomic mass is 16.5. The lowest BCUT2D eigenvalue weighted by atomic mass is 9.66. The molecule has 18 rings (SSSR count). The van der Waals surface area contributed by atoms with Crippen LogP contribution in [0.3, 0.4) is 0 Å². The number of para-hydroxylation sites is 4. The largest absolute Gasteiger partial charge is 0.457 e. The maximum Gasteiger partial charge on any atom is 0.132 e. The summed E-state index contributed by atoms with van der Waals surface area (Å²) in [7, 11) is 0.